The van der Waals surface area contributed by atoms with Crippen molar-refractivity contribution in [1.29, 1.82) is 0 Å². The Balaban J connectivity index is 1.61. The van der Waals surface area contributed by atoms with Crippen LogP contribution in [-0.2, 0) is 16.6 Å². The Morgan fingerprint density at radius 1 is 1.09 bits per heavy atom. The van der Waals surface area contributed by atoms with E-state index in [0.717, 1.165) is 24.8 Å². The molecule has 0 radical (unpaired) electrons. The monoisotopic (exact) mass is 460 g/mol. The number of methoxy groups -OCH3 is 1. The largest absolute Gasteiger partial charge is 0.493 e. The van der Waals surface area contributed by atoms with Crippen LogP contribution in [0.4, 0.5) is 0 Å². The second kappa shape index (κ2) is 10.8. The molecule has 2 aromatic rings. The zero-order valence-electron chi connectivity index (χ0n) is 19.0. The number of sulfonamides is 1. The minimum Gasteiger partial charge on any atom is -0.493 e. The number of amides is 1. The summed E-state index contributed by atoms with van der Waals surface area (Å²) in [7, 11) is -1.95. The van der Waals surface area contributed by atoms with Crippen LogP contribution in [-0.4, -0.2) is 45.4 Å². The number of nitrogens with one attached hydrogen (secondary N) is 1. The zero-order chi connectivity index (χ0) is 23.1. The highest BCUT2D eigenvalue weighted by atomic mass is 32.2. The molecule has 1 fully saturated rings. The van der Waals surface area contributed by atoms with Gasteiger partial charge in [0.1, 0.15) is 0 Å². The number of hydrogen-bond donors (Lipinski definition) is 1. The van der Waals surface area contributed by atoms with Gasteiger partial charge in [0, 0.05) is 25.2 Å². The average molecular weight is 461 g/mol. The molecule has 1 heterocycles. The van der Waals surface area contributed by atoms with Crippen LogP contribution in [0.1, 0.15) is 49.0 Å². The summed E-state index contributed by atoms with van der Waals surface area (Å²) in [6.07, 6.45) is 2.64. The number of piperidine rings is 1. The molecule has 0 atom stereocenters. The van der Waals surface area contributed by atoms with Gasteiger partial charge in [-0.05, 0) is 67.1 Å². The second-order valence-corrected chi connectivity index (χ2v) is 10.1. The summed E-state index contributed by atoms with van der Waals surface area (Å²) in [6, 6.07) is 11.7. The summed E-state index contributed by atoms with van der Waals surface area (Å²) in [5.74, 6) is 1.56. The van der Waals surface area contributed by atoms with Gasteiger partial charge in [0.15, 0.2) is 11.5 Å². The molecule has 8 heteroatoms. The number of hydrogen-bond acceptors (Lipinski definition) is 5. The molecule has 0 bridgehead atoms. The lowest BCUT2D eigenvalue weighted by molar-refractivity contribution is 0.0950. The minimum atomic E-state index is -3.53. The number of nitrogens with zero attached hydrogens (tertiary/aromatic N) is 1. The zero-order valence-corrected chi connectivity index (χ0v) is 19.8. The second-order valence-electron chi connectivity index (χ2n) is 8.13. The van der Waals surface area contributed by atoms with Crippen LogP contribution in [0.15, 0.2) is 47.4 Å². The smallest absolute Gasteiger partial charge is 0.251 e. The van der Waals surface area contributed by atoms with Gasteiger partial charge in [0.25, 0.3) is 5.91 Å². The van der Waals surface area contributed by atoms with E-state index in [0.29, 0.717) is 49.2 Å². The molecule has 1 saturated heterocycles. The third-order valence-corrected chi connectivity index (χ3v) is 7.55. The highest BCUT2D eigenvalue weighted by Crippen LogP contribution is 2.28. The Hall–Kier alpha value is -2.58. The van der Waals surface area contributed by atoms with Crippen molar-refractivity contribution in [2.75, 3.05) is 26.8 Å². The molecule has 1 aliphatic heterocycles. The van der Waals surface area contributed by atoms with E-state index >= 15 is 0 Å². The summed E-state index contributed by atoms with van der Waals surface area (Å²) >= 11 is 0. The highest BCUT2D eigenvalue weighted by Gasteiger charge is 2.28. The van der Waals surface area contributed by atoms with Gasteiger partial charge >= 0.3 is 0 Å². The first-order valence-corrected chi connectivity index (χ1v) is 12.5. The lowest BCUT2D eigenvalue weighted by atomic mass is 10.0. The van der Waals surface area contributed by atoms with Crippen LogP contribution in [0, 0.1) is 5.92 Å². The normalized spacial score (nSPS) is 15.3. The number of benzene rings is 2. The lowest BCUT2D eigenvalue weighted by Crippen LogP contribution is -2.37. The first-order chi connectivity index (χ1) is 15.3. The Bertz CT molecular complexity index is 1010. The summed E-state index contributed by atoms with van der Waals surface area (Å²) < 4.78 is 38.2. The molecule has 174 valence electrons. The maximum Gasteiger partial charge on any atom is 0.251 e. The predicted molar refractivity (Wildman–Crippen MR) is 124 cm³/mol. The molecule has 0 aromatic heterocycles. The molecular formula is C24H32N2O5S. The van der Waals surface area contributed by atoms with Crippen molar-refractivity contribution in [3.05, 3.63) is 53.6 Å². The van der Waals surface area contributed by atoms with Gasteiger partial charge in [0.05, 0.1) is 18.6 Å². The van der Waals surface area contributed by atoms with E-state index in [-0.39, 0.29) is 10.8 Å². The summed E-state index contributed by atoms with van der Waals surface area (Å²) in [5.41, 5.74) is 1.28. The number of ether oxygens (including phenoxy) is 2. The Labute approximate surface area is 190 Å². The van der Waals surface area contributed by atoms with Crippen LogP contribution < -0.4 is 14.8 Å². The van der Waals surface area contributed by atoms with Gasteiger partial charge < -0.3 is 14.8 Å². The molecule has 32 heavy (non-hydrogen) atoms. The van der Waals surface area contributed by atoms with Gasteiger partial charge in [-0.15, -0.1) is 0 Å². The Kier molecular flexibility index (Phi) is 8.15. The minimum absolute atomic E-state index is 0.219. The van der Waals surface area contributed by atoms with E-state index in [1.165, 1.54) is 16.4 Å². The van der Waals surface area contributed by atoms with Crippen molar-refractivity contribution in [3.63, 3.8) is 0 Å². The predicted octanol–water partition coefficient (Wildman–Crippen LogP) is 3.83. The molecule has 0 aliphatic carbocycles. The van der Waals surface area contributed by atoms with E-state index in [1.807, 2.05) is 25.1 Å². The molecule has 7 nitrogen and oxygen atoms in total. The summed E-state index contributed by atoms with van der Waals surface area (Å²) in [6.45, 7) is 6.17. The number of rotatable bonds is 9. The molecular weight excluding hydrogens is 428 g/mol. The molecule has 0 unspecified atom stereocenters. The van der Waals surface area contributed by atoms with Crippen molar-refractivity contribution in [2.24, 2.45) is 5.92 Å². The highest BCUT2D eigenvalue weighted by molar-refractivity contribution is 7.89. The van der Waals surface area contributed by atoms with Crippen LogP contribution in [0.5, 0.6) is 11.5 Å². The van der Waals surface area contributed by atoms with Crippen LogP contribution >= 0.6 is 0 Å². The molecule has 1 amide bonds. The fourth-order valence-electron chi connectivity index (χ4n) is 3.59. The van der Waals surface area contributed by atoms with Crippen LogP contribution in [0.3, 0.4) is 0 Å². The molecule has 3 rings (SSSR count). The maximum absolute atomic E-state index is 12.8. The van der Waals surface area contributed by atoms with Gasteiger partial charge in [-0.2, -0.15) is 4.31 Å². The summed E-state index contributed by atoms with van der Waals surface area (Å²) in [5, 5.41) is 2.86. The van der Waals surface area contributed by atoms with Gasteiger partial charge in [0.2, 0.25) is 10.0 Å². The van der Waals surface area contributed by atoms with Crippen molar-refractivity contribution < 1.29 is 22.7 Å². The standard InChI is InChI=1S/C24H32N2O5S/c1-4-15-31-22-10-5-19(16-23(22)30-3)17-25-24(27)20-6-8-21(9-7-20)32(28,29)26-13-11-18(2)12-14-26/h5-10,16,18H,4,11-15,17H2,1-3H3,(H,25,27). The van der Waals surface area contributed by atoms with E-state index in [9.17, 15) is 13.2 Å². The third-order valence-electron chi connectivity index (χ3n) is 5.64. The van der Waals surface area contributed by atoms with Crippen molar-refractivity contribution in [1.82, 2.24) is 9.62 Å². The van der Waals surface area contributed by atoms with Crippen LogP contribution in [0.2, 0.25) is 0 Å². The Morgan fingerprint density at radius 2 is 1.78 bits per heavy atom. The topological polar surface area (TPSA) is 84.9 Å². The number of carbonyl (C=O) groups excluding carboxylic acids is 1. The molecule has 1 N–H and O–H groups in total. The van der Waals surface area contributed by atoms with Crippen molar-refractivity contribution in [3.8, 4) is 11.5 Å². The van der Waals surface area contributed by atoms with E-state index in [2.05, 4.69) is 12.2 Å². The van der Waals surface area contributed by atoms with Gasteiger partial charge in [-0.3, -0.25) is 4.79 Å². The molecule has 0 saturated carbocycles. The van der Waals surface area contributed by atoms with Crippen LogP contribution in [0.25, 0.3) is 0 Å². The van der Waals surface area contributed by atoms with Crippen molar-refractivity contribution in [2.45, 2.75) is 44.6 Å². The maximum atomic E-state index is 12.8. The van der Waals surface area contributed by atoms with Crippen molar-refractivity contribution >= 4 is 15.9 Å². The average Bonchev–Trinajstić information content (AvgIpc) is 2.81. The fraction of sp³-hybridized carbons (Fsp3) is 0.458. The molecule has 1 aliphatic rings. The van der Waals surface area contributed by atoms with Gasteiger partial charge in [-0.25, -0.2) is 8.42 Å². The van der Waals surface area contributed by atoms with Gasteiger partial charge in [-0.1, -0.05) is 19.9 Å². The molecule has 2 aromatic carbocycles. The SMILES string of the molecule is CCCOc1ccc(CNC(=O)c2ccc(S(=O)(=O)N3CCC(C)CC3)cc2)cc1OC. The van der Waals surface area contributed by atoms with E-state index in [4.69, 9.17) is 9.47 Å². The molecule has 0 spiro atoms. The first kappa shape index (κ1) is 24.1. The van der Waals surface area contributed by atoms with E-state index < -0.39 is 10.0 Å². The summed E-state index contributed by atoms with van der Waals surface area (Å²) in [4.78, 5) is 12.8. The lowest BCUT2D eigenvalue weighted by Gasteiger charge is -2.29. The third kappa shape index (κ3) is 5.81. The Morgan fingerprint density at radius 3 is 2.41 bits per heavy atom. The van der Waals surface area contributed by atoms with E-state index in [1.54, 1.807) is 19.2 Å². The first-order valence-electron chi connectivity index (χ1n) is 11.0. The fourth-order valence-corrected chi connectivity index (χ4v) is 5.06. The quantitative estimate of drug-likeness (QED) is 0.615. The number of carbonyl (C=O) groups is 1.